The standard InChI is InChI=1S/C17H25N3O2/c1-14(21)20(12-15-7-6-10-18-11-15)13-17(22)19-16-8-4-2-3-5-9-16/h6-7,10-11,16H,2-5,8-9,12-13H2,1H3,(H,19,22). The Hall–Kier alpha value is -1.91. The first-order valence-corrected chi connectivity index (χ1v) is 8.09. The number of aromatic nitrogens is 1. The number of rotatable bonds is 5. The molecule has 2 amide bonds. The molecule has 0 radical (unpaired) electrons. The predicted molar refractivity (Wildman–Crippen MR) is 85.0 cm³/mol. The summed E-state index contributed by atoms with van der Waals surface area (Å²) in [7, 11) is 0. The van der Waals surface area contributed by atoms with Crippen molar-refractivity contribution in [3.8, 4) is 0 Å². The van der Waals surface area contributed by atoms with Gasteiger partial charge in [0.15, 0.2) is 0 Å². The normalized spacial score (nSPS) is 15.9. The number of hydrogen-bond acceptors (Lipinski definition) is 3. The fourth-order valence-corrected chi connectivity index (χ4v) is 2.86. The first kappa shape index (κ1) is 16.5. The quantitative estimate of drug-likeness (QED) is 0.849. The van der Waals surface area contributed by atoms with Crippen LogP contribution in [0, 0.1) is 0 Å². The summed E-state index contributed by atoms with van der Waals surface area (Å²) in [5.74, 6) is -0.161. The average molecular weight is 303 g/mol. The second-order valence-corrected chi connectivity index (χ2v) is 5.99. The summed E-state index contributed by atoms with van der Waals surface area (Å²) in [5.41, 5.74) is 0.931. The maximum Gasteiger partial charge on any atom is 0.239 e. The Labute approximate surface area is 132 Å². The van der Waals surface area contributed by atoms with E-state index in [1.807, 2.05) is 12.1 Å². The van der Waals surface area contributed by atoms with Gasteiger partial charge in [-0.3, -0.25) is 14.6 Å². The Kier molecular flexibility index (Phi) is 6.37. The van der Waals surface area contributed by atoms with Crippen LogP contribution < -0.4 is 5.32 Å². The lowest BCUT2D eigenvalue weighted by molar-refractivity contribution is -0.135. The molecule has 1 aromatic rings. The van der Waals surface area contributed by atoms with Gasteiger partial charge in [0.1, 0.15) is 0 Å². The number of carbonyl (C=O) groups excluding carboxylic acids is 2. The molecule has 1 saturated carbocycles. The van der Waals surface area contributed by atoms with Crippen LogP contribution >= 0.6 is 0 Å². The van der Waals surface area contributed by atoms with Crippen LogP contribution in [0.15, 0.2) is 24.5 Å². The van der Waals surface area contributed by atoms with Crippen LogP contribution in [0.1, 0.15) is 51.0 Å². The third kappa shape index (κ3) is 5.47. The molecule has 1 aliphatic carbocycles. The van der Waals surface area contributed by atoms with Crippen molar-refractivity contribution in [1.82, 2.24) is 15.2 Å². The van der Waals surface area contributed by atoms with E-state index in [1.165, 1.54) is 32.6 Å². The topological polar surface area (TPSA) is 62.3 Å². The molecule has 0 atom stereocenters. The molecule has 1 aliphatic rings. The highest BCUT2D eigenvalue weighted by atomic mass is 16.2. The minimum absolute atomic E-state index is 0.0639. The first-order chi connectivity index (χ1) is 10.6. The smallest absolute Gasteiger partial charge is 0.239 e. The number of carbonyl (C=O) groups is 2. The zero-order chi connectivity index (χ0) is 15.8. The van der Waals surface area contributed by atoms with E-state index >= 15 is 0 Å². The largest absolute Gasteiger partial charge is 0.352 e. The van der Waals surface area contributed by atoms with Crippen LogP contribution in [-0.2, 0) is 16.1 Å². The maximum absolute atomic E-state index is 12.2. The number of nitrogens with one attached hydrogen (secondary N) is 1. The van der Waals surface area contributed by atoms with Crippen molar-refractivity contribution in [2.75, 3.05) is 6.54 Å². The van der Waals surface area contributed by atoms with Crippen molar-refractivity contribution in [2.24, 2.45) is 0 Å². The second kappa shape index (κ2) is 8.51. The third-order valence-corrected chi connectivity index (χ3v) is 4.10. The van der Waals surface area contributed by atoms with E-state index in [2.05, 4.69) is 10.3 Å². The summed E-state index contributed by atoms with van der Waals surface area (Å²) in [6.45, 7) is 2.03. The summed E-state index contributed by atoms with van der Waals surface area (Å²) in [4.78, 5) is 29.6. The monoisotopic (exact) mass is 303 g/mol. The van der Waals surface area contributed by atoms with Gasteiger partial charge in [0.2, 0.25) is 11.8 Å². The van der Waals surface area contributed by atoms with E-state index in [-0.39, 0.29) is 24.4 Å². The molecule has 1 aromatic heterocycles. The van der Waals surface area contributed by atoms with Gasteiger partial charge in [-0.1, -0.05) is 31.7 Å². The summed E-state index contributed by atoms with van der Waals surface area (Å²) >= 11 is 0. The molecule has 0 aromatic carbocycles. The van der Waals surface area contributed by atoms with E-state index in [9.17, 15) is 9.59 Å². The molecule has 1 heterocycles. The predicted octanol–water partition coefficient (Wildman–Crippen LogP) is 2.27. The highest BCUT2D eigenvalue weighted by Crippen LogP contribution is 2.17. The van der Waals surface area contributed by atoms with Gasteiger partial charge in [-0.05, 0) is 24.5 Å². The van der Waals surface area contributed by atoms with Crippen LogP contribution in [0.5, 0.6) is 0 Å². The van der Waals surface area contributed by atoms with Gasteiger partial charge in [0.25, 0.3) is 0 Å². The molecule has 2 rings (SSSR count). The Bertz CT molecular complexity index is 482. The molecule has 0 spiro atoms. The molecule has 120 valence electrons. The number of amides is 2. The van der Waals surface area contributed by atoms with Gasteiger partial charge < -0.3 is 10.2 Å². The van der Waals surface area contributed by atoms with E-state index in [4.69, 9.17) is 0 Å². The highest BCUT2D eigenvalue weighted by molar-refractivity contribution is 5.83. The van der Waals surface area contributed by atoms with Crippen LogP contribution in [0.2, 0.25) is 0 Å². The van der Waals surface area contributed by atoms with Crippen LogP contribution in [0.25, 0.3) is 0 Å². The van der Waals surface area contributed by atoms with Gasteiger partial charge in [0.05, 0.1) is 6.54 Å². The fourth-order valence-electron chi connectivity index (χ4n) is 2.86. The number of nitrogens with zero attached hydrogens (tertiary/aromatic N) is 2. The van der Waals surface area contributed by atoms with E-state index in [1.54, 1.807) is 17.3 Å². The Morgan fingerprint density at radius 2 is 2.00 bits per heavy atom. The maximum atomic E-state index is 12.2. The van der Waals surface area contributed by atoms with Gasteiger partial charge in [0, 0.05) is 31.9 Å². The van der Waals surface area contributed by atoms with Crippen molar-refractivity contribution >= 4 is 11.8 Å². The van der Waals surface area contributed by atoms with E-state index in [0.717, 1.165) is 18.4 Å². The zero-order valence-electron chi connectivity index (χ0n) is 13.3. The molecular formula is C17H25N3O2. The minimum Gasteiger partial charge on any atom is -0.352 e. The number of hydrogen-bond donors (Lipinski definition) is 1. The third-order valence-electron chi connectivity index (χ3n) is 4.10. The SMILES string of the molecule is CC(=O)N(CC(=O)NC1CCCCCC1)Cc1cccnc1. The lowest BCUT2D eigenvalue weighted by Gasteiger charge is -2.23. The first-order valence-electron chi connectivity index (χ1n) is 8.09. The van der Waals surface area contributed by atoms with Gasteiger partial charge in [-0.15, -0.1) is 0 Å². The van der Waals surface area contributed by atoms with Crippen molar-refractivity contribution in [3.63, 3.8) is 0 Å². The highest BCUT2D eigenvalue weighted by Gasteiger charge is 2.18. The molecular weight excluding hydrogens is 278 g/mol. The van der Waals surface area contributed by atoms with Gasteiger partial charge in [-0.25, -0.2) is 0 Å². The fraction of sp³-hybridized carbons (Fsp3) is 0.588. The summed E-state index contributed by atoms with van der Waals surface area (Å²) < 4.78 is 0. The Morgan fingerprint density at radius 3 is 2.59 bits per heavy atom. The molecule has 5 nitrogen and oxygen atoms in total. The summed E-state index contributed by atoms with van der Waals surface area (Å²) in [5, 5.41) is 3.08. The molecule has 0 unspecified atom stereocenters. The van der Waals surface area contributed by atoms with Crippen molar-refractivity contribution in [1.29, 1.82) is 0 Å². The average Bonchev–Trinajstić information content (AvgIpc) is 2.76. The molecule has 0 bridgehead atoms. The van der Waals surface area contributed by atoms with E-state index in [0.29, 0.717) is 6.54 Å². The molecule has 1 N–H and O–H groups in total. The molecule has 22 heavy (non-hydrogen) atoms. The van der Waals surface area contributed by atoms with Crippen molar-refractivity contribution in [3.05, 3.63) is 30.1 Å². The zero-order valence-corrected chi connectivity index (χ0v) is 13.3. The summed E-state index contributed by atoms with van der Waals surface area (Å²) in [6.07, 6.45) is 10.4. The lowest BCUT2D eigenvalue weighted by atomic mass is 10.1. The molecule has 0 aliphatic heterocycles. The minimum atomic E-state index is -0.0973. The molecule has 1 fully saturated rings. The van der Waals surface area contributed by atoms with E-state index < -0.39 is 0 Å². The molecule has 0 saturated heterocycles. The van der Waals surface area contributed by atoms with Crippen LogP contribution in [0.4, 0.5) is 0 Å². The lowest BCUT2D eigenvalue weighted by Crippen LogP contribution is -2.43. The second-order valence-electron chi connectivity index (χ2n) is 5.99. The number of pyridine rings is 1. The van der Waals surface area contributed by atoms with Gasteiger partial charge >= 0.3 is 0 Å². The Balaban J connectivity index is 1.87. The van der Waals surface area contributed by atoms with Crippen molar-refractivity contribution < 1.29 is 9.59 Å². The van der Waals surface area contributed by atoms with Gasteiger partial charge in [-0.2, -0.15) is 0 Å². The van der Waals surface area contributed by atoms with Crippen LogP contribution in [0.3, 0.4) is 0 Å². The summed E-state index contributed by atoms with van der Waals surface area (Å²) in [6, 6.07) is 4.01. The Morgan fingerprint density at radius 1 is 1.27 bits per heavy atom. The van der Waals surface area contributed by atoms with Crippen molar-refractivity contribution in [2.45, 2.75) is 58.0 Å². The molecule has 5 heteroatoms. The van der Waals surface area contributed by atoms with Crippen LogP contribution in [-0.4, -0.2) is 34.3 Å².